The van der Waals surface area contributed by atoms with Gasteiger partial charge < -0.3 is 0 Å². The van der Waals surface area contributed by atoms with Gasteiger partial charge in [-0.3, -0.25) is 0 Å². The average Bonchev–Trinajstić information content (AvgIpc) is 0.855. The maximum atomic E-state index is 2.44. The summed E-state index contributed by atoms with van der Waals surface area (Å²) < 4.78 is 0. The van der Waals surface area contributed by atoms with Crippen molar-refractivity contribution in [3.8, 4) is 0 Å². The maximum Gasteiger partial charge on any atom is -0.0162 e. The van der Waals surface area contributed by atoms with Crippen LogP contribution in [0.25, 0.3) is 0 Å². The molecule has 0 heterocycles. The maximum absolute atomic E-state index is 2.44. The van der Waals surface area contributed by atoms with Crippen LogP contribution in [0.1, 0.15) is 548 Å². The first-order valence-electron chi connectivity index (χ1n) is 53.6. The molecule has 0 N–H and O–H groups in total. The highest BCUT2D eigenvalue weighted by Gasteiger charge is 2.18. The zero-order valence-corrected chi connectivity index (χ0v) is 87.2. The van der Waals surface area contributed by atoms with E-state index >= 15 is 0 Å². The topological polar surface area (TPSA) is 0 Å². The fourth-order valence-corrected chi connectivity index (χ4v) is 18.2. The van der Waals surface area contributed by atoms with E-state index in [2.05, 4.69) is 320 Å². The lowest BCUT2D eigenvalue weighted by atomic mass is 9.85. The summed E-state index contributed by atoms with van der Waals surface area (Å²) in [5.74, 6) is 10.7. The third kappa shape index (κ3) is 61.5. The molecule has 11 unspecified atom stereocenters. The number of hydrogen-bond acceptors (Lipinski definition) is 0. The van der Waals surface area contributed by atoms with Crippen molar-refractivity contribution < 1.29 is 0 Å². The monoisotopic (exact) mass is 1690 g/mol. The van der Waals surface area contributed by atoms with Crippen LogP contribution in [0, 0.1) is 89.9 Å². The Bertz CT molecular complexity index is 3180. The molecule has 0 spiro atoms. The Morgan fingerprint density at radius 1 is 0.171 bits per heavy atom. The molecule has 702 valence electrons. The molecule has 0 radical (unpaired) electrons. The van der Waals surface area contributed by atoms with E-state index in [0.717, 1.165) is 53.3 Å². The number of benzene rings is 6. The Labute approximate surface area is 771 Å². The zero-order chi connectivity index (χ0) is 91.2. The summed E-state index contributed by atoms with van der Waals surface area (Å²) in [5.41, 5.74) is 18.8. The summed E-state index contributed by atoms with van der Waals surface area (Å²) in [6.07, 6.45) is 66.8. The van der Waals surface area contributed by atoms with Crippen molar-refractivity contribution in [2.45, 2.75) is 524 Å². The summed E-state index contributed by atoms with van der Waals surface area (Å²) >= 11 is 0. The van der Waals surface area contributed by atoms with Crippen LogP contribution in [-0.4, -0.2) is 0 Å². The van der Waals surface area contributed by atoms with Crippen LogP contribution >= 0.6 is 0 Å². The predicted octanol–water partition coefficient (Wildman–Crippen LogP) is 42.2. The average molecular weight is 1690 g/mol. The van der Waals surface area contributed by atoms with E-state index in [1.807, 2.05) is 0 Å². The molecule has 0 aliphatic carbocycles. The zero-order valence-electron chi connectivity index (χ0n) is 87.2. The highest BCUT2D eigenvalue weighted by atomic mass is 14.2. The quantitative estimate of drug-likeness (QED) is 0.0334. The van der Waals surface area contributed by atoms with Gasteiger partial charge in [-0.2, -0.15) is 0 Å². The predicted molar refractivity (Wildman–Crippen MR) is 562 cm³/mol. The van der Waals surface area contributed by atoms with E-state index in [1.165, 1.54) is 375 Å². The van der Waals surface area contributed by atoms with E-state index in [4.69, 9.17) is 0 Å². The Hall–Kier alpha value is -4.68. The van der Waals surface area contributed by atoms with Crippen LogP contribution in [0.3, 0.4) is 0 Å². The van der Waals surface area contributed by atoms with E-state index in [1.54, 1.807) is 5.56 Å². The minimum atomic E-state index is 0.698. The largest absolute Gasteiger partial charge is 0.0654 e. The lowest BCUT2D eigenvalue weighted by Gasteiger charge is -2.20. The standard InChI is InChI=1S/C22H38.C21H36.4C20H34/c1-6-18(3)13-11-9-8-10-12-14-21(7-2)22-16-15-19(4)20(5)17-22;1-6-7-8-9-18(3)16-19(4)10-13-20(5)21-14-11-17(2)12-15-21;2*1-5-6-7-10-17(2)11-8-9-12-19(4)20-15-13-18(3)14-16-20;1-5-6-7-8-9-10-17(2)11-14-19(4)20-15-12-18(3)13-16-20;1-5-7-8-9-10-11-18(4)16-19(6-2)20-14-12-17(3)13-15-20/h15-18,21H,6-14H2,1-5H3;11-12,14-15,18-20H,6-10,13,16H2,1-5H3;2*13-17,19H,5-12H2,1-4H3;12-13,15-17,19H,5-11,14H2,1-4H3;12-15,18-19H,5-11,16H2,1-4H3/t;;2*17-,19?;;/m..10../s1. The van der Waals surface area contributed by atoms with Crippen LogP contribution in [0.4, 0.5) is 0 Å². The van der Waals surface area contributed by atoms with E-state index < -0.39 is 0 Å². The van der Waals surface area contributed by atoms with Crippen molar-refractivity contribution in [2.24, 2.45) is 41.4 Å². The number of hydrogen-bond donors (Lipinski definition) is 0. The Morgan fingerprint density at radius 2 is 0.407 bits per heavy atom. The van der Waals surface area contributed by atoms with Crippen LogP contribution in [-0.2, 0) is 0 Å². The van der Waals surface area contributed by atoms with Crippen molar-refractivity contribution in [1.82, 2.24) is 0 Å². The number of aryl methyl sites for hydroxylation is 7. The molecule has 0 saturated carbocycles. The van der Waals surface area contributed by atoms with Crippen molar-refractivity contribution in [3.05, 3.63) is 212 Å². The third-order valence-electron chi connectivity index (χ3n) is 28.4. The van der Waals surface area contributed by atoms with Crippen LogP contribution in [0.2, 0.25) is 0 Å². The molecule has 6 aromatic rings. The van der Waals surface area contributed by atoms with Crippen molar-refractivity contribution in [2.75, 3.05) is 0 Å². The second-order valence-electron chi connectivity index (χ2n) is 41.3. The van der Waals surface area contributed by atoms with Crippen LogP contribution < -0.4 is 0 Å². The van der Waals surface area contributed by atoms with Crippen molar-refractivity contribution >= 4 is 0 Å². The molecule has 0 aliphatic heterocycles. The molecule has 123 heavy (non-hydrogen) atoms. The molecule has 0 nitrogen and oxygen atoms in total. The van der Waals surface area contributed by atoms with Gasteiger partial charge in [-0.05, 0) is 228 Å². The Morgan fingerprint density at radius 3 is 0.740 bits per heavy atom. The fraction of sp³-hybridized carbons (Fsp3) is 0.707. The second kappa shape index (κ2) is 76.2. The smallest absolute Gasteiger partial charge is 0.0162 e. The lowest BCUT2D eigenvalue weighted by molar-refractivity contribution is 0.356. The van der Waals surface area contributed by atoms with E-state index in [0.29, 0.717) is 23.7 Å². The van der Waals surface area contributed by atoms with Gasteiger partial charge in [0, 0.05) is 0 Å². The molecular weight excluding hydrogens is 1480 g/mol. The molecule has 0 bridgehead atoms. The minimum Gasteiger partial charge on any atom is -0.0654 e. The van der Waals surface area contributed by atoms with Gasteiger partial charge in [0.1, 0.15) is 0 Å². The van der Waals surface area contributed by atoms with Gasteiger partial charge in [-0.15, -0.1) is 0 Å². The summed E-state index contributed by atoms with van der Waals surface area (Å²) in [6, 6.07) is 52.5. The van der Waals surface area contributed by atoms with Crippen molar-refractivity contribution in [3.63, 3.8) is 0 Å². The first-order valence-corrected chi connectivity index (χ1v) is 53.6. The minimum absolute atomic E-state index is 0.698. The lowest BCUT2D eigenvalue weighted by Crippen LogP contribution is -2.05. The SMILES string of the molecule is CCC(C)CCCCCCCC(CC)c1ccc(C)c(C)c1.CCCCCC(C)CC(C)CCC(C)c1ccc(C)cc1.CCCCCCCC(C)CC(CC)c1ccc(C)cc1.CCCCCCCC(C)CCC(C)c1ccc(C)cc1.CCCCC[C@@H](C)CCCCC(C)c1ccc(C)cc1.CCCCC[C@H](C)CCCCC(C)c1ccc(C)cc1. The highest BCUT2D eigenvalue weighted by molar-refractivity contribution is 5.33. The molecule has 0 aliphatic rings. The van der Waals surface area contributed by atoms with Gasteiger partial charge >= 0.3 is 0 Å². The first-order chi connectivity index (χ1) is 59.2. The normalized spacial score (nSPS) is 14.4. The third-order valence-corrected chi connectivity index (χ3v) is 28.4. The van der Waals surface area contributed by atoms with E-state index in [9.17, 15) is 0 Å². The van der Waals surface area contributed by atoms with E-state index in [-0.39, 0.29) is 0 Å². The number of rotatable bonds is 61. The fourth-order valence-electron chi connectivity index (χ4n) is 18.2. The van der Waals surface area contributed by atoms with Gasteiger partial charge in [0.25, 0.3) is 0 Å². The van der Waals surface area contributed by atoms with Gasteiger partial charge in [-0.1, -0.05) is 549 Å². The molecule has 0 heteroatoms. The molecule has 6 aromatic carbocycles. The van der Waals surface area contributed by atoms with Gasteiger partial charge in [-0.25, -0.2) is 0 Å². The van der Waals surface area contributed by atoms with Crippen LogP contribution in [0.15, 0.2) is 140 Å². The molecule has 0 amide bonds. The second-order valence-corrected chi connectivity index (χ2v) is 41.3. The molecule has 0 fully saturated rings. The highest BCUT2D eigenvalue weighted by Crippen LogP contribution is 2.34. The van der Waals surface area contributed by atoms with Gasteiger partial charge in [0.15, 0.2) is 0 Å². The summed E-state index contributed by atoms with van der Waals surface area (Å²) in [7, 11) is 0. The Balaban J connectivity index is 0.000000738. The molecule has 13 atom stereocenters. The summed E-state index contributed by atoms with van der Waals surface area (Å²) in [5, 5.41) is 0. The molecule has 6 rings (SSSR count). The van der Waals surface area contributed by atoms with Gasteiger partial charge in [0.2, 0.25) is 0 Å². The van der Waals surface area contributed by atoms with Crippen LogP contribution in [0.5, 0.6) is 0 Å². The first kappa shape index (κ1) is 116. The summed E-state index contributed by atoms with van der Waals surface area (Å²) in [4.78, 5) is 0. The molecular formula is C123H210. The summed E-state index contributed by atoms with van der Waals surface area (Å²) in [6.45, 7) is 60.2. The molecule has 0 aromatic heterocycles. The number of unbranched alkanes of at least 4 members (excludes halogenated alkanes) is 20. The Kier molecular flexibility index (Phi) is 72.1. The van der Waals surface area contributed by atoms with Crippen molar-refractivity contribution in [1.29, 1.82) is 0 Å². The molecule has 0 saturated heterocycles. The van der Waals surface area contributed by atoms with Gasteiger partial charge in [0.05, 0.1) is 0 Å².